The van der Waals surface area contributed by atoms with Crippen LogP contribution in [0, 0.1) is 6.92 Å². The van der Waals surface area contributed by atoms with Crippen molar-refractivity contribution in [2.24, 2.45) is 0 Å². The SMILES string of the molecule is CCc1c(-c2ccccc2)cc(O)c(C(C)=O)c1C. The maximum Gasteiger partial charge on any atom is 0.163 e. The highest BCUT2D eigenvalue weighted by Crippen LogP contribution is 2.34. The molecule has 0 aliphatic rings. The highest BCUT2D eigenvalue weighted by Gasteiger charge is 2.17. The summed E-state index contributed by atoms with van der Waals surface area (Å²) in [5.41, 5.74) is 4.51. The van der Waals surface area contributed by atoms with Crippen molar-refractivity contribution in [3.63, 3.8) is 0 Å². The fraction of sp³-hybridized carbons (Fsp3) is 0.235. The molecule has 2 rings (SSSR count). The average molecular weight is 254 g/mol. The van der Waals surface area contributed by atoms with Crippen molar-refractivity contribution in [3.8, 4) is 16.9 Å². The molecule has 2 aromatic rings. The van der Waals surface area contributed by atoms with Gasteiger partial charge in [0.2, 0.25) is 0 Å². The molecule has 0 aromatic heterocycles. The van der Waals surface area contributed by atoms with Crippen LogP contribution in [0.25, 0.3) is 11.1 Å². The van der Waals surface area contributed by atoms with E-state index in [0.29, 0.717) is 5.56 Å². The Hall–Kier alpha value is -2.09. The van der Waals surface area contributed by atoms with E-state index in [1.165, 1.54) is 6.92 Å². The van der Waals surface area contributed by atoms with Gasteiger partial charge in [-0.15, -0.1) is 0 Å². The van der Waals surface area contributed by atoms with E-state index in [2.05, 4.69) is 6.92 Å². The molecule has 0 spiro atoms. The van der Waals surface area contributed by atoms with Crippen LogP contribution in [0.2, 0.25) is 0 Å². The van der Waals surface area contributed by atoms with Crippen LogP contribution in [0.15, 0.2) is 36.4 Å². The number of carbonyl (C=O) groups excluding carboxylic acids is 1. The van der Waals surface area contributed by atoms with Gasteiger partial charge in [-0.05, 0) is 48.6 Å². The summed E-state index contributed by atoms with van der Waals surface area (Å²) in [5.74, 6) is -0.0228. The van der Waals surface area contributed by atoms with Crippen molar-refractivity contribution in [1.82, 2.24) is 0 Å². The summed E-state index contributed by atoms with van der Waals surface area (Å²) in [6.45, 7) is 5.46. The van der Waals surface area contributed by atoms with Gasteiger partial charge < -0.3 is 5.11 Å². The third-order valence-electron chi connectivity index (χ3n) is 3.48. The third-order valence-corrected chi connectivity index (χ3v) is 3.48. The summed E-state index contributed by atoms with van der Waals surface area (Å²) in [6.07, 6.45) is 0.830. The summed E-state index contributed by atoms with van der Waals surface area (Å²) in [5, 5.41) is 10.1. The smallest absolute Gasteiger partial charge is 0.163 e. The van der Waals surface area contributed by atoms with E-state index in [9.17, 15) is 9.90 Å². The number of benzene rings is 2. The maximum absolute atomic E-state index is 11.6. The number of hydrogen-bond acceptors (Lipinski definition) is 2. The molecule has 0 aliphatic heterocycles. The largest absolute Gasteiger partial charge is 0.507 e. The summed E-state index contributed by atoms with van der Waals surface area (Å²) in [7, 11) is 0. The molecule has 98 valence electrons. The van der Waals surface area contributed by atoms with Crippen molar-refractivity contribution in [2.75, 3.05) is 0 Å². The van der Waals surface area contributed by atoms with Crippen molar-refractivity contribution in [1.29, 1.82) is 0 Å². The maximum atomic E-state index is 11.6. The number of phenolic OH excluding ortho intramolecular Hbond substituents is 1. The number of ketones is 1. The van der Waals surface area contributed by atoms with Gasteiger partial charge in [0.25, 0.3) is 0 Å². The van der Waals surface area contributed by atoms with Crippen molar-refractivity contribution < 1.29 is 9.90 Å². The number of hydrogen-bond donors (Lipinski definition) is 1. The molecule has 0 heterocycles. The van der Waals surface area contributed by atoms with E-state index in [4.69, 9.17) is 0 Å². The van der Waals surface area contributed by atoms with Gasteiger partial charge >= 0.3 is 0 Å². The van der Waals surface area contributed by atoms with E-state index in [-0.39, 0.29) is 11.5 Å². The Morgan fingerprint density at radius 1 is 1.21 bits per heavy atom. The lowest BCUT2D eigenvalue weighted by Gasteiger charge is -2.16. The summed E-state index contributed by atoms with van der Waals surface area (Å²) >= 11 is 0. The van der Waals surface area contributed by atoms with Crippen LogP contribution in [0.4, 0.5) is 0 Å². The zero-order valence-electron chi connectivity index (χ0n) is 11.5. The van der Waals surface area contributed by atoms with Crippen LogP contribution in [0.5, 0.6) is 5.75 Å². The van der Waals surface area contributed by atoms with Gasteiger partial charge in [-0.2, -0.15) is 0 Å². The lowest BCUT2D eigenvalue weighted by atomic mass is 9.89. The van der Waals surface area contributed by atoms with Gasteiger partial charge in [0.15, 0.2) is 5.78 Å². The highest BCUT2D eigenvalue weighted by molar-refractivity contribution is 5.99. The highest BCUT2D eigenvalue weighted by atomic mass is 16.3. The molecule has 2 nitrogen and oxygen atoms in total. The molecule has 0 unspecified atom stereocenters. The minimum Gasteiger partial charge on any atom is -0.507 e. The van der Waals surface area contributed by atoms with Crippen LogP contribution >= 0.6 is 0 Å². The summed E-state index contributed by atoms with van der Waals surface area (Å²) in [4.78, 5) is 11.6. The standard InChI is InChI=1S/C17H18O2/c1-4-14-11(2)17(12(3)18)16(19)10-15(14)13-8-6-5-7-9-13/h5-10,19H,4H2,1-3H3. The number of rotatable bonds is 3. The number of phenols is 1. The molecule has 19 heavy (non-hydrogen) atoms. The van der Waals surface area contributed by atoms with E-state index >= 15 is 0 Å². The minimum atomic E-state index is -0.0932. The van der Waals surface area contributed by atoms with Crippen LogP contribution in [0.3, 0.4) is 0 Å². The Bertz CT molecular complexity index is 613. The lowest BCUT2D eigenvalue weighted by Crippen LogP contribution is -2.02. The Morgan fingerprint density at radius 3 is 2.37 bits per heavy atom. The van der Waals surface area contributed by atoms with Crippen molar-refractivity contribution >= 4 is 5.78 Å². The molecule has 0 aliphatic carbocycles. The first-order valence-corrected chi connectivity index (χ1v) is 6.48. The van der Waals surface area contributed by atoms with Gasteiger partial charge in [-0.25, -0.2) is 0 Å². The molecule has 0 fully saturated rings. The van der Waals surface area contributed by atoms with Crippen LogP contribution in [-0.4, -0.2) is 10.9 Å². The van der Waals surface area contributed by atoms with Gasteiger partial charge in [0.05, 0.1) is 5.56 Å². The molecule has 0 bridgehead atoms. The third kappa shape index (κ3) is 2.39. The fourth-order valence-corrected chi connectivity index (χ4v) is 2.62. The zero-order chi connectivity index (χ0) is 14.0. The number of aromatic hydroxyl groups is 1. The average Bonchev–Trinajstić information content (AvgIpc) is 2.38. The fourth-order valence-electron chi connectivity index (χ4n) is 2.62. The minimum absolute atomic E-state index is 0.0704. The first-order valence-electron chi connectivity index (χ1n) is 6.48. The molecule has 0 amide bonds. The molecular weight excluding hydrogens is 236 g/mol. The molecule has 0 radical (unpaired) electrons. The number of carbonyl (C=O) groups is 1. The number of Topliss-reactive ketones (excluding diaryl/α,β-unsaturated/α-hetero) is 1. The second-order valence-corrected chi connectivity index (χ2v) is 4.70. The molecule has 2 aromatic carbocycles. The van der Waals surface area contributed by atoms with E-state index < -0.39 is 0 Å². The molecule has 1 N–H and O–H groups in total. The van der Waals surface area contributed by atoms with Crippen LogP contribution in [0.1, 0.15) is 35.3 Å². The monoisotopic (exact) mass is 254 g/mol. The molecule has 2 heteroatoms. The van der Waals surface area contributed by atoms with Gasteiger partial charge in [-0.3, -0.25) is 4.79 Å². The molecular formula is C17H18O2. The predicted molar refractivity (Wildman–Crippen MR) is 77.7 cm³/mol. The molecule has 0 saturated heterocycles. The van der Waals surface area contributed by atoms with Crippen LogP contribution in [-0.2, 0) is 6.42 Å². The van der Waals surface area contributed by atoms with Gasteiger partial charge in [-0.1, -0.05) is 37.3 Å². The first-order chi connectivity index (χ1) is 9.06. The Morgan fingerprint density at radius 2 is 1.84 bits per heavy atom. The Kier molecular flexibility index (Phi) is 3.70. The first kappa shape index (κ1) is 13.3. The Balaban J connectivity index is 2.74. The Labute approximate surface area is 113 Å². The van der Waals surface area contributed by atoms with E-state index in [1.807, 2.05) is 37.3 Å². The van der Waals surface area contributed by atoms with Gasteiger partial charge in [0, 0.05) is 0 Å². The van der Waals surface area contributed by atoms with Crippen molar-refractivity contribution in [3.05, 3.63) is 53.1 Å². The summed E-state index contributed by atoms with van der Waals surface area (Å²) in [6, 6.07) is 11.6. The predicted octanol–water partition coefficient (Wildman–Crippen LogP) is 4.13. The summed E-state index contributed by atoms with van der Waals surface area (Å²) < 4.78 is 0. The molecule has 0 saturated carbocycles. The second-order valence-electron chi connectivity index (χ2n) is 4.70. The molecule has 0 atom stereocenters. The van der Waals surface area contributed by atoms with Gasteiger partial charge in [0.1, 0.15) is 5.75 Å². The van der Waals surface area contributed by atoms with E-state index in [1.54, 1.807) is 6.07 Å². The lowest BCUT2D eigenvalue weighted by molar-refractivity contribution is 0.101. The normalized spacial score (nSPS) is 10.5. The topological polar surface area (TPSA) is 37.3 Å². The zero-order valence-corrected chi connectivity index (χ0v) is 11.5. The van der Waals surface area contributed by atoms with E-state index in [0.717, 1.165) is 28.7 Å². The van der Waals surface area contributed by atoms with Crippen molar-refractivity contribution in [2.45, 2.75) is 27.2 Å². The quantitative estimate of drug-likeness (QED) is 0.836. The van der Waals surface area contributed by atoms with Crippen LogP contribution < -0.4 is 0 Å². The second kappa shape index (κ2) is 5.27.